The number of tetrazole rings is 1. The van der Waals surface area contributed by atoms with Gasteiger partial charge in [0.2, 0.25) is 0 Å². The molecule has 1 amide bonds. The fraction of sp³-hybridized carbons (Fsp3) is 0.250. The molecule has 1 N–H and O–H groups in total. The summed E-state index contributed by atoms with van der Waals surface area (Å²) in [4.78, 5) is 21.6. The molecule has 0 bridgehead atoms. The van der Waals surface area contributed by atoms with Gasteiger partial charge in [0.1, 0.15) is 0 Å². The fourth-order valence-electron chi connectivity index (χ4n) is 3.50. The predicted molar refractivity (Wildman–Crippen MR) is 126 cm³/mol. The lowest BCUT2D eigenvalue weighted by Gasteiger charge is -2.16. The maximum atomic E-state index is 13.2. The van der Waals surface area contributed by atoms with Crippen LogP contribution in [0.15, 0.2) is 55.0 Å². The molecule has 33 heavy (non-hydrogen) atoms. The first-order valence-corrected chi connectivity index (χ1v) is 11.0. The van der Waals surface area contributed by atoms with Gasteiger partial charge in [0.05, 0.1) is 23.6 Å². The number of hydrogen-bond donors (Lipinski definition) is 1. The number of nitrogens with zero attached hydrogens (tertiary/aromatic N) is 6. The van der Waals surface area contributed by atoms with Crippen LogP contribution in [0.3, 0.4) is 0 Å². The van der Waals surface area contributed by atoms with Crippen LogP contribution in [0.5, 0.6) is 0 Å². The summed E-state index contributed by atoms with van der Waals surface area (Å²) in [6, 6.07) is 11.0. The standard InChI is InChI=1S/C24H24ClN7O/c1-14(2)23-29-30-31-32(23)19-11-17(20-6-5-15(3)9-21(20)25)10-18(12-19)24(33)28-16(4)22-13-26-7-8-27-22/h5-14,16H,1-4H3,(H,28,33). The van der Waals surface area contributed by atoms with E-state index in [1.54, 1.807) is 29.3 Å². The third-order valence-corrected chi connectivity index (χ3v) is 5.56. The van der Waals surface area contributed by atoms with Crippen molar-refractivity contribution in [3.05, 3.63) is 82.7 Å². The van der Waals surface area contributed by atoms with Gasteiger partial charge >= 0.3 is 0 Å². The van der Waals surface area contributed by atoms with Crippen molar-refractivity contribution in [2.45, 2.75) is 39.7 Å². The molecule has 8 nitrogen and oxygen atoms in total. The van der Waals surface area contributed by atoms with E-state index in [1.165, 1.54) is 0 Å². The SMILES string of the molecule is Cc1ccc(-c2cc(C(=O)NC(C)c3cnccn3)cc(-n3nnnc3C(C)C)c2)c(Cl)c1. The van der Waals surface area contributed by atoms with E-state index in [0.29, 0.717) is 27.8 Å². The van der Waals surface area contributed by atoms with Crippen molar-refractivity contribution >= 4 is 17.5 Å². The van der Waals surface area contributed by atoms with E-state index in [4.69, 9.17) is 11.6 Å². The van der Waals surface area contributed by atoms with Gasteiger partial charge in [0, 0.05) is 34.5 Å². The molecule has 2 heterocycles. The topological polar surface area (TPSA) is 98.5 Å². The molecule has 0 saturated heterocycles. The van der Waals surface area contributed by atoms with Crippen molar-refractivity contribution in [1.29, 1.82) is 0 Å². The van der Waals surface area contributed by atoms with Gasteiger partial charge in [0.25, 0.3) is 5.91 Å². The zero-order valence-corrected chi connectivity index (χ0v) is 19.6. The Morgan fingerprint density at radius 1 is 1.09 bits per heavy atom. The minimum absolute atomic E-state index is 0.0978. The van der Waals surface area contributed by atoms with Crippen LogP contribution in [0.4, 0.5) is 0 Å². The van der Waals surface area contributed by atoms with Crippen LogP contribution in [0, 0.1) is 6.92 Å². The smallest absolute Gasteiger partial charge is 0.251 e. The lowest BCUT2D eigenvalue weighted by Crippen LogP contribution is -2.27. The van der Waals surface area contributed by atoms with Gasteiger partial charge in [0.15, 0.2) is 5.82 Å². The van der Waals surface area contributed by atoms with Crippen molar-refractivity contribution in [3.63, 3.8) is 0 Å². The van der Waals surface area contributed by atoms with Gasteiger partial charge < -0.3 is 5.32 Å². The normalized spacial score (nSPS) is 12.1. The Balaban J connectivity index is 1.79. The Bertz CT molecular complexity index is 1290. The largest absolute Gasteiger partial charge is 0.344 e. The average molecular weight is 462 g/mol. The van der Waals surface area contributed by atoms with Gasteiger partial charge in [-0.25, -0.2) is 0 Å². The first-order chi connectivity index (χ1) is 15.8. The van der Waals surface area contributed by atoms with Crippen LogP contribution < -0.4 is 5.32 Å². The molecular formula is C24H24ClN7O. The number of hydrogen-bond acceptors (Lipinski definition) is 6. The minimum Gasteiger partial charge on any atom is -0.344 e. The Labute approximate surface area is 197 Å². The van der Waals surface area contributed by atoms with Gasteiger partial charge in [-0.05, 0) is 59.7 Å². The molecule has 1 atom stereocenters. The molecule has 4 aromatic rings. The van der Waals surface area contributed by atoms with E-state index in [0.717, 1.165) is 16.7 Å². The monoisotopic (exact) mass is 461 g/mol. The Hall–Kier alpha value is -3.65. The van der Waals surface area contributed by atoms with Crippen LogP contribution in [-0.2, 0) is 0 Å². The number of rotatable bonds is 6. The first-order valence-electron chi connectivity index (χ1n) is 10.6. The lowest BCUT2D eigenvalue weighted by molar-refractivity contribution is 0.0939. The summed E-state index contributed by atoms with van der Waals surface area (Å²) in [6.45, 7) is 7.87. The third kappa shape index (κ3) is 4.90. The summed E-state index contributed by atoms with van der Waals surface area (Å²) in [5.74, 6) is 0.542. The fourth-order valence-corrected chi connectivity index (χ4v) is 3.84. The van der Waals surface area contributed by atoms with E-state index in [2.05, 4.69) is 30.8 Å². The van der Waals surface area contributed by atoms with Crippen molar-refractivity contribution in [1.82, 2.24) is 35.5 Å². The molecule has 0 aliphatic carbocycles. The highest BCUT2D eigenvalue weighted by atomic mass is 35.5. The number of amides is 1. The molecule has 1 unspecified atom stereocenters. The van der Waals surface area contributed by atoms with Crippen LogP contribution in [0.1, 0.15) is 60.2 Å². The highest BCUT2D eigenvalue weighted by molar-refractivity contribution is 6.33. The van der Waals surface area contributed by atoms with Gasteiger partial charge in [-0.3, -0.25) is 14.8 Å². The van der Waals surface area contributed by atoms with E-state index in [-0.39, 0.29) is 17.9 Å². The number of aryl methyl sites for hydroxylation is 1. The lowest BCUT2D eigenvalue weighted by atomic mass is 10.00. The quantitative estimate of drug-likeness (QED) is 0.447. The predicted octanol–water partition coefficient (Wildman–Crippen LogP) is 4.70. The molecule has 2 aromatic carbocycles. The van der Waals surface area contributed by atoms with Crippen molar-refractivity contribution in [2.75, 3.05) is 0 Å². The molecule has 4 rings (SSSR count). The number of aromatic nitrogens is 6. The molecule has 0 spiro atoms. The number of halogens is 1. The Morgan fingerprint density at radius 2 is 1.91 bits per heavy atom. The Kier molecular flexibility index (Phi) is 6.46. The maximum absolute atomic E-state index is 13.2. The third-order valence-electron chi connectivity index (χ3n) is 5.24. The molecule has 168 valence electrons. The average Bonchev–Trinajstić information content (AvgIpc) is 3.30. The van der Waals surface area contributed by atoms with E-state index < -0.39 is 0 Å². The number of benzene rings is 2. The molecule has 9 heteroatoms. The molecular weight excluding hydrogens is 438 g/mol. The summed E-state index contributed by atoms with van der Waals surface area (Å²) in [5.41, 5.74) is 4.47. The molecule has 0 radical (unpaired) electrons. The molecule has 0 fully saturated rings. The zero-order valence-electron chi connectivity index (χ0n) is 18.8. The second-order valence-electron chi connectivity index (χ2n) is 8.18. The van der Waals surface area contributed by atoms with Crippen molar-refractivity contribution in [3.8, 4) is 16.8 Å². The number of nitrogens with one attached hydrogen (secondary N) is 1. The first kappa shape index (κ1) is 22.5. The second-order valence-corrected chi connectivity index (χ2v) is 8.59. The molecule has 2 aromatic heterocycles. The summed E-state index contributed by atoms with van der Waals surface area (Å²) in [5, 5.41) is 15.7. The highest BCUT2D eigenvalue weighted by Crippen LogP contribution is 2.31. The molecule has 0 aliphatic heterocycles. The van der Waals surface area contributed by atoms with Gasteiger partial charge in [-0.15, -0.1) is 5.10 Å². The van der Waals surface area contributed by atoms with E-state index in [1.807, 2.05) is 58.0 Å². The van der Waals surface area contributed by atoms with E-state index in [9.17, 15) is 4.79 Å². The van der Waals surface area contributed by atoms with Crippen LogP contribution in [0.25, 0.3) is 16.8 Å². The van der Waals surface area contributed by atoms with Crippen molar-refractivity contribution in [2.24, 2.45) is 0 Å². The maximum Gasteiger partial charge on any atom is 0.251 e. The Morgan fingerprint density at radius 3 is 2.61 bits per heavy atom. The molecule has 0 aliphatic rings. The summed E-state index contributed by atoms with van der Waals surface area (Å²) in [6.07, 6.45) is 4.83. The van der Waals surface area contributed by atoms with Gasteiger partial charge in [-0.2, -0.15) is 4.68 Å². The summed E-state index contributed by atoms with van der Waals surface area (Å²) < 4.78 is 1.65. The highest BCUT2D eigenvalue weighted by Gasteiger charge is 2.19. The van der Waals surface area contributed by atoms with Crippen LogP contribution >= 0.6 is 11.6 Å². The van der Waals surface area contributed by atoms with Crippen molar-refractivity contribution < 1.29 is 4.79 Å². The van der Waals surface area contributed by atoms with Crippen LogP contribution in [0.2, 0.25) is 5.02 Å². The minimum atomic E-state index is -0.319. The number of carbonyl (C=O) groups is 1. The zero-order chi connectivity index (χ0) is 23.5. The van der Waals surface area contributed by atoms with E-state index >= 15 is 0 Å². The number of carbonyl (C=O) groups excluding carboxylic acids is 1. The van der Waals surface area contributed by atoms with Crippen LogP contribution in [-0.4, -0.2) is 36.1 Å². The summed E-state index contributed by atoms with van der Waals surface area (Å²) >= 11 is 6.56. The van der Waals surface area contributed by atoms with Gasteiger partial charge in [-0.1, -0.05) is 37.6 Å². The second kappa shape index (κ2) is 9.46. The molecule has 0 saturated carbocycles. The summed E-state index contributed by atoms with van der Waals surface area (Å²) in [7, 11) is 0.